The summed E-state index contributed by atoms with van der Waals surface area (Å²) in [6.45, 7) is 8.11. The fourth-order valence-corrected chi connectivity index (χ4v) is 1.50. The van der Waals surface area contributed by atoms with Gasteiger partial charge in [-0.25, -0.2) is 0 Å². The van der Waals surface area contributed by atoms with Gasteiger partial charge in [-0.2, -0.15) is 0 Å². The molecule has 1 aromatic rings. The maximum absolute atomic E-state index is 11.2. The van der Waals surface area contributed by atoms with Gasteiger partial charge in [0.15, 0.2) is 0 Å². The van der Waals surface area contributed by atoms with Crippen molar-refractivity contribution >= 4 is 5.97 Å². The van der Waals surface area contributed by atoms with Gasteiger partial charge in [-0.1, -0.05) is 13.8 Å². The van der Waals surface area contributed by atoms with Crippen LogP contribution in [0, 0.1) is 0 Å². The number of likely N-dealkylation sites (N-methyl/N-ethyl adjacent to an activating group) is 1. The number of carbonyl (C=O) groups is 1. The van der Waals surface area contributed by atoms with Gasteiger partial charge in [0.2, 0.25) is 11.8 Å². The summed E-state index contributed by atoms with van der Waals surface area (Å²) in [7, 11) is 0. The lowest BCUT2D eigenvalue weighted by Crippen LogP contribution is -2.49. The van der Waals surface area contributed by atoms with E-state index in [4.69, 9.17) is 9.52 Å². The third-order valence-electron chi connectivity index (χ3n) is 2.83. The van der Waals surface area contributed by atoms with E-state index in [1.807, 2.05) is 13.8 Å². The molecule has 0 amide bonds. The Morgan fingerprint density at radius 1 is 1.35 bits per heavy atom. The van der Waals surface area contributed by atoms with Crippen LogP contribution in [0.2, 0.25) is 0 Å². The van der Waals surface area contributed by atoms with E-state index in [1.54, 1.807) is 18.7 Å². The van der Waals surface area contributed by atoms with Gasteiger partial charge >= 0.3 is 5.97 Å². The van der Waals surface area contributed by atoms with Crippen molar-refractivity contribution in [3.05, 3.63) is 11.8 Å². The topological polar surface area (TPSA) is 79.5 Å². The summed E-state index contributed by atoms with van der Waals surface area (Å²) in [6.07, 6.45) is 0.682. The first kappa shape index (κ1) is 13.6. The zero-order valence-corrected chi connectivity index (χ0v) is 10.7. The maximum Gasteiger partial charge on any atom is 0.323 e. The number of carboxylic acid groups (broad SMARTS) is 1. The van der Waals surface area contributed by atoms with E-state index in [-0.39, 0.29) is 0 Å². The number of rotatable bonds is 6. The van der Waals surface area contributed by atoms with Gasteiger partial charge in [0.1, 0.15) is 5.54 Å². The summed E-state index contributed by atoms with van der Waals surface area (Å²) < 4.78 is 5.38. The quantitative estimate of drug-likeness (QED) is 0.809. The largest absolute Gasteiger partial charge is 0.480 e. The first-order valence-corrected chi connectivity index (χ1v) is 5.71. The number of carboxylic acids is 1. The van der Waals surface area contributed by atoms with Crippen LogP contribution in [0.5, 0.6) is 0 Å². The number of hydrogen-bond acceptors (Lipinski definition) is 5. The molecule has 0 saturated carbocycles. The Hall–Kier alpha value is -1.43. The van der Waals surface area contributed by atoms with Gasteiger partial charge in [-0.15, -0.1) is 10.2 Å². The first-order chi connectivity index (χ1) is 7.91. The van der Waals surface area contributed by atoms with Crippen LogP contribution in [-0.4, -0.2) is 38.3 Å². The van der Waals surface area contributed by atoms with Crippen LogP contribution < -0.4 is 0 Å². The van der Waals surface area contributed by atoms with Gasteiger partial charge < -0.3 is 9.52 Å². The van der Waals surface area contributed by atoms with Crippen molar-refractivity contribution in [3.63, 3.8) is 0 Å². The summed E-state index contributed by atoms with van der Waals surface area (Å²) in [6, 6.07) is 0. The van der Waals surface area contributed by atoms with Crippen molar-refractivity contribution in [1.29, 1.82) is 0 Å². The lowest BCUT2D eigenvalue weighted by atomic mass is 10.0. The highest BCUT2D eigenvalue weighted by Gasteiger charge is 2.34. The Labute approximate surface area is 101 Å². The van der Waals surface area contributed by atoms with Crippen molar-refractivity contribution in [2.24, 2.45) is 0 Å². The van der Waals surface area contributed by atoms with Crippen molar-refractivity contribution in [2.75, 3.05) is 6.54 Å². The summed E-state index contributed by atoms with van der Waals surface area (Å²) >= 11 is 0. The third kappa shape index (κ3) is 3.03. The molecule has 6 nitrogen and oxygen atoms in total. The smallest absolute Gasteiger partial charge is 0.323 e. The second-order valence-electron chi connectivity index (χ2n) is 4.32. The van der Waals surface area contributed by atoms with Crippen molar-refractivity contribution in [1.82, 2.24) is 15.1 Å². The van der Waals surface area contributed by atoms with Crippen molar-refractivity contribution in [2.45, 2.75) is 46.2 Å². The fraction of sp³-hybridized carbons (Fsp3) is 0.727. The summed E-state index contributed by atoms with van der Waals surface area (Å²) in [5.41, 5.74) is -0.949. The summed E-state index contributed by atoms with van der Waals surface area (Å²) in [5.74, 6) is 0.164. The van der Waals surface area contributed by atoms with Crippen LogP contribution in [0.25, 0.3) is 0 Å². The van der Waals surface area contributed by atoms with Crippen LogP contribution in [0.3, 0.4) is 0 Å². The van der Waals surface area contributed by atoms with E-state index in [0.717, 1.165) is 0 Å². The number of nitrogens with zero attached hydrogens (tertiary/aromatic N) is 3. The molecule has 0 unspecified atom stereocenters. The average Bonchev–Trinajstić information content (AvgIpc) is 2.73. The Morgan fingerprint density at radius 2 is 1.94 bits per heavy atom. The Bertz CT molecular complexity index is 387. The van der Waals surface area contributed by atoms with Crippen LogP contribution in [0.15, 0.2) is 4.42 Å². The second kappa shape index (κ2) is 5.27. The van der Waals surface area contributed by atoms with Gasteiger partial charge in [0.25, 0.3) is 0 Å². The third-order valence-corrected chi connectivity index (χ3v) is 2.83. The van der Waals surface area contributed by atoms with Gasteiger partial charge in [-0.3, -0.25) is 9.69 Å². The molecule has 6 heteroatoms. The van der Waals surface area contributed by atoms with E-state index >= 15 is 0 Å². The lowest BCUT2D eigenvalue weighted by molar-refractivity contribution is -0.149. The van der Waals surface area contributed by atoms with Gasteiger partial charge in [0, 0.05) is 6.42 Å². The molecule has 1 rings (SSSR count). The first-order valence-electron chi connectivity index (χ1n) is 5.71. The SMILES string of the molecule is CCc1nnc(CN(CC)C(C)(C)C(=O)O)o1. The molecular formula is C11H19N3O3. The molecule has 0 atom stereocenters. The van der Waals surface area contributed by atoms with E-state index < -0.39 is 11.5 Å². The Morgan fingerprint density at radius 3 is 2.35 bits per heavy atom. The maximum atomic E-state index is 11.2. The molecule has 0 fully saturated rings. The molecule has 0 aromatic carbocycles. The highest BCUT2D eigenvalue weighted by Crippen LogP contribution is 2.17. The molecule has 0 aliphatic heterocycles. The Kier molecular flexibility index (Phi) is 4.22. The van der Waals surface area contributed by atoms with Crippen molar-refractivity contribution in [3.8, 4) is 0 Å². The van der Waals surface area contributed by atoms with Crippen LogP contribution in [-0.2, 0) is 17.8 Å². The highest BCUT2D eigenvalue weighted by atomic mass is 16.4. The monoisotopic (exact) mass is 241 g/mol. The fourth-order valence-electron chi connectivity index (χ4n) is 1.50. The van der Waals surface area contributed by atoms with Crippen molar-refractivity contribution < 1.29 is 14.3 Å². The van der Waals surface area contributed by atoms with Crippen LogP contribution >= 0.6 is 0 Å². The lowest BCUT2D eigenvalue weighted by Gasteiger charge is -2.32. The van der Waals surface area contributed by atoms with Gasteiger partial charge in [-0.05, 0) is 20.4 Å². The Balaban J connectivity index is 2.79. The molecule has 0 radical (unpaired) electrons. The highest BCUT2D eigenvalue weighted by molar-refractivity contribution is 5.77. The molecule has 0 aliphatic carbocycles. The zero-order valence-electron chi connectivity index (χ0n) is 10.7. The minimum atomic E-state index is -0.949. The predicted octanol–water partition coefficient (Wildman–Crippen LogP) is 1.32. The predicted molar refractivity (Wildman–Crippen MR) is 61.5 cm³/mol. The normalized spacial score (nSPS) is 12.1. The summed E-state index contributed by atoms with van der Waals surface area (Å²) in [5, 5.41) is 16.9. The molecular weight excluding hydrogens is 222 g/mol. The molecule has 0 spiro atoms. The molecule has 17 heavy (non-hydrogen) atoms. The molecule has 1 heterocycles. The zero-order chi connectivity index (χ0) is 13.1. The molecule has 96 valence electrons. The van der Waals surface area contributed by atoms with Crippen LogP contribution in [0.1, 0.15) is 39.5 Å². The molecule has 0 bridgehead atoms. The van der Waals surface area contributed by atoms with Gasteiger partial charge in [0.05, 0.1) is 6.54 Å². The van der Waals surface area contributed by atoms with E-state index in [2.05, 4.69) is 10.2 Å². The summed E-state index contributed by atoms with van der Waals surface area (Å²) in [4.78, 5) is 12.9. The number of aliphatic carboxylic acids is 1. The molecule has 1 aromatic heterocycles. The molecule has 0 aliphatic rings. The number of aromatic nitrogens is 2. The van der Waals surface area contributed by atoms with E-state index in [0.29, 0.717) is 31.3 Å². The molecule has 1 N–H and O–H groups in total. The standard InChI is InChI=1S/C11H19N3O3/c1-5-8-12-13-9(17-8)7-14(6-2)11(3,4)10(15)16/h5-7H2,1-4H3,(H,15,16). The van der Waals surface area contributed by atoms with E-state index in [9.17, 15) is 4.79 Å². The minimum absolute atomic E-state index is 0.350. The number of aryl methyl sites for hydroxylation is 1. The van der Waals surface area contributed by atoms with Crippen LogP contribution in [0.4, 0.5) is 0 Å². The second-order valence-corrected chi connectivity index (χ2v) is 4.32. The molecule has 0 saturated heterocycles. The average molecular weight is 241 g/mol. The van der Waals surface area contributed by atoms with E-state index in [1.165, 1.54) is 0 Å². The minimum Gasteiger partial charge on any atom is -0.480 e. The number of hydrogen-bond donors (Lipinski definition) is 1.